The number of amides is 1. The molecule has 10 heteroatoms. The first-order valence-corrected chi connectivity index (χ1v) is 11.5. The van der Waals surface area contributed by atoms with E-state index in [9.17, 15) is 26.8 Å². The van der Waals surface area contributed by atoms with E-state index < -0.39 is 40.1 Å². The average molecular weight is 467 g/mol. The minimum absolute atomic E-state index is 0.0147. The molecule has 0 aliphatic carbocycles. The lowest BCUT2D eigenvalue weighted by Crippen LogP contribution is -2.42. The summed E-state index contributed by atoms with van der Waals surface area (Å²) in [6.45, 7) is 4.27. The van der Waals surface area contributed by atoms with Gasteiger partial charge in [0.05, 0.1) is 10.5 Å². The lowest BCUT2D eigenvalue weighted by molar-refractivity contribution is -0.119. The van der Waals surface area contributed by atoms with E-state index in [0.29, 0.717) is 13.1 Å². The summed E-state index contributed by atoms with van der Waals surface area (Å²) < 4.78 is 58.3. The summed E-state index contributed by atoms with van der Waals surface area (Å²) in [5, 5.41) is 2.28. The first kappa shape index (κ1) is 23.8. The fourth-order valence-corrected chi connectivity index (χ4v) is 5.38. The molecule has 172 valence electrons. The van der Waals surface area contributed by atoms with E-state index in [0.717, 1.165) is 18.6 Å². The Kier molecular flexibility index (Phi) is 7.25. The van der Waals surface area contributed by atoms with Crippen LogP contribution in [0.5, 0.6) is 0 Å². The number of sulfonamides is 1. The Bertz CT molecular complexity index is 1100. The monoisotopic (exact) mass is 466 g/mol. The van der Waals surface area contributed by atoms with Crippen LogP contribution in [-0.2, 0) is 19.6 Å². The fourth-order valence-electron chi connectivity index (χ4n) is 3.70. The van der Waals surface area contributed by atoms with Crippen molar-refractivity contribution in [2.75, 3.05) is 25.0 Å². The van der Waals surface area contributed by atoms with Crippen molar-refractivity contribution in [2.45, 2.75) is 25.2 Å². The highest BCUT2D eigenvalue weighted by Crippen LogP contribution is 2.26. The summed E-state index contributed by atoms with van der Waals surface area (Å²) in [6.07, 6.45) is 0.973. The summed E-state index contributed by atoms with van der Waals surface area (Å²) >= 11 is 0. The molecular weight excluding hydrogens is 442 g/mol. The second kappa shape index (κ2) is 9.74. The molecule has 0 aromatic heterocycles. The molecule has 0 unspecified atom stereocenters. The maximum atomic E-state index is 13.2. The van der Waals surface area contributed by atoms with Crippen molar-refractivity contribution in [1.29, 1.82) is 0 Å². The molecule has 1 fully saturated rings. The van der Waals surface area contributed by atoms with E-state index >= 15 is 0 Å². The zero-order chi connectivity index (χ0) is 23.5. The predicted molar refractivity (Wildman–Crippen MR) is 113 cm³/mol. The van der Waals surface area contributed by atoms with E-state index in [2.05, 4.69) is 5.32 Å². The Morgan fingerprint density at radius 2 is 1.66 bits per heavy atom. The molecule has 1 saturated heterocycles. The van der Waals surface area contributed by atoms with Gasteiger partial charge in [0, 0.05) is 24.8 Å². The van der Waals surface area contributed by atoms with Gasteiger partial charge in [0.1, 0.15) is 0 Å². The van der Waals surface area contributed by atoms with Crippen molar-refractivity contribution in [3.05, 3.63) is 59.7 Å². The standard InChI is InChI=1S/C22H24F2N2O5S/c1-14-9-15(2)12-26(11-14)32(29,30)18-6-3-16(4-7-18)22(28)31-13-21(27)25-17-5-8-19(23)20(24)10-17/h3-8,10,14-15H,9,11-13H2,1-2H3,(H,25,27)/t14-,15-/m0/s1. The highest BCUT2D eigenvalue weighted by molar-refractivity contribution is 7.89. The number of hydrogen-bond donors (Lipinski definition) is 1. The molecule has 0 saturated carbocycles. The Morgan fingerprint density at radius 1 is 1.03 bits per heavy atom. The van der Waals surface area contributed by atoms with Crippen molar-refractivity contribution in [1.82, 2.24) is 4.31 Å². The summed E-state index contributed by atoms with van der Waals surface area (Å²) in [6, 6.07) is 8.13. The molecule has 0 radical (unpaired) electrons. The van der Waals surface area contributed by atoms with Gasteiger partial charge in [-0.3, -0.25) is 4.79 Å². The van der Waals surface area contributed by atoms with Crippen molar-refractivity contribution in [3.63, 3.8) is 0 Å². The van der Waals surface area contributed by atoms with Crippen LogP contribution in [0.1, 0.15) is 30.6 Å². The summed E-state index contributed by atoms with van der Waals surface area (Å²) in [5.41, 5.74) is 0.0887. The second-order valence-electron chi connectivity index (χ2n) is 8.05. The Balaban J connectivity index is 1.58. The summed E-state index contributed by atoms with van der Waals surface area (Å²) in [7, 11) is -3.68. The third kappa shape index (κ3) is 5.68. The lowest BCUT2D eigenvalue weighted by Gasteiger charge is -2.34. The molecule has 32 heavy (non-hydrogen) atoms. The molecule has 1 aliphatic rings. The van der Waals surface area contributed by atoms with Crippen LogP contribution in [0.25, 0.3) is 0 Å². The topological polar surface area (TPSA) is 92.8 Å². The number of carbonyl (C=O) groups is 2. The predicted octanol–water partition coefficient (Wildman–Crippen LogP) is 3.43. The molecule has 2 atom stereocenters. The normalized spacial score (nSPS) is 19.4. The Morgan fingerprint density at radius 3 is 2.25 bits per heavy atom. The van der Waals surface area contributed by atoms with Crippen molar-refractivity contribution in [3.8, 4) is 0 Å². The Hall–Kier alpha value is -2.85. The number of piperidine rings is 1. The van der Waals surface area contributed by atoms with Gasteiger partial charge in [-0.2, -0.15) is 4.31 Å². The number of halogens is 2. The molecular formula is C22H24F2N2O5S. The number of nitrogens with one attached hydrogen (secondary N) is 1. The van der Waals surface area contributed by atoms with Gasteiger partial charge in [0.15, 0.2) is 18.2 Å². The van der Waals surface area contributed by atoms with Gasteiger partial charge in [-0.15, -0.1) is 0 Å². The van der Waals surface area contributed by atoms with Crippen LogP contribution in [0.2, 0.25) is 0 Å². The number of nitrogens with zero attached hydrogens (tertiary/aromatic N) is 1. The van der Waals surface area contributed by atoms with Crippen LogP contribution in [0.4, 0.5) is 14.5 Å². The number of carbonyl (C=O) groups excluding carboxylic acids is 2. The SMILES string of the molecule is C[C@H]1C[C@H](C)CN(S(=O)(=O)c2ccc(C(=O)OCC(=O)Nc3ccc(F)c(F)c3)cc2)C1. The number of esters is 1. The molecule has 1 aliphatic heterocycles. The highest BCUT2D eigenvalue weighted by atomic mass is 32.2. The number of anilines is 1. The first-order chi connectivity index (χ1) is 15.1. The molecule has 0 spiro atoms. The summed E-state index contributed by atoms with van der Waals surface area (Å²) in [5.74, 6) is -3.21. The molecule has 1 amide bonds. The summed E-state index contributed by atoms with van der Waals surface area (Å²) in [4.78, 5) is 24.1. The van der Waals surface area contributed by atoms with Crippen LogP contribution < -0.4 is 5.32 Å². The molecule has 2 aromatic rings. The zero-order valence-corrected chi connectivity index (χ0v) is 18.5. The minimum Gasteiger partial charge on any atom is -0.452 e. The Labute approximate surface area is 185 Å². The van der Waals surface area contributed by atoms with Crippen LogP contribution in [0, 0.1) is 23.5 Å². The van der Waals surface area contributed by atoms with E-state index in [-0.39, 0.29) is 28.0 Å². The molecule has 1 N–H and O–H groups in total. The van der Waals surface area contributed by atoms with E-state index in [4.69, 9.17) is 4.74 Å². The molecule has 1 heterocycles. The minimum atomic E-state index is -3.68. The fraction of sp³-hybridized carbons (Fsp3) is 0.364. The zero-order valence-electron chi connectivity index (χ0n) is 17.7. The van der Waals surface area contributed by atoms with Crippen molar-refractivity contribution >= 4 is 27.6 Å². The maximum Gasteiger partial charge on any atom is 0.338 e. The number of rotatable bonds is 6. The largest absolute Gasteiger partial charge is 0.452 e. The van der Waals surface area contributed by atoms with E-state index in [1.165, 1.54) is 34.6 Å². The molecule has 2 aromatic carbocycles. The first-order valence-electron chi connectivity index (χ1n) is 10.1. The third-order valence-electron chi connectivity index (χ3n) is 5.10. The number of ether oxygens (including phenoxy) is 1. The molecule has 7 nitrogen and oxygen atoms in total. The van der Waals surface area contributed by atoms with Gasteiger partial charge in [-0.05, 0) is 54.7 Å². The van der Waals surface area contributed by atoms with Gasteiger partial charge in [0.25, 0.3) is 5.91 Å². The van der Waals surface area contributed by atoms with Gasteiger partial charge in [-0.25, -0.2) is 22.0 Å². The van der Waals surface area contributed by atoms with Gasteiger partial charge in [-0.1, -0.05) is 13.8 Å². The van der Waals surface area contributed by atoms with Gasteiger partial charge >= 0.3 is 5.97 Å². The van der Waals surface area contributed by atoms with Gasteiger partial charge in [0.2, 0.25) is 10.0 Å². The van der Waals surface area contributed by atoms with Crippen molar-refractivity contribution < 1.29 is 31.5 Å². The van der Waals surface area contributed by atoms with Gasteiger partial charge < -0.3 is 10.1 Å². The maximum absolute atomic E-state index is 13.2. The van der Waals surface area contributed by atoms with Crippen molar-refractivity contribution in [2.24, 2.45) is 11.8 Å². The number of benzene rings is 2. The second-order valence-corrected chi connectivity index (χ2v) is 9.98. The molecule has 3 rings (SSSR count). The van der Waals surface area contributed by atoms with E-state index in [1.807, 2.05) is 13.8 Å². The smallest absolute Gasteiger partial charge is 0.338 e. The lowest BCUT2D eigenvalue weighted by atomic mass is 9.94. The van der Waals surface area contributed by atoms with Crippen LogP contribution in [-0.4, -0.2) is 44.3 Å². The number of hydrogen-bond acceptors (Lipinski definition) is 5. The van der Waals surface area contributed by atoms with E-state index in [1.54, 1.807) is 0 Å². The quantitative estimate of drug-likeness (QED) is 0.659. The van der Waals surface area contributed by atoms with Crippen LogP contribution >= 0.6 is 0 Å². The average Bonchev–Trinajstić information content (AvgIpc) is 2.74. The molecule has 0 bridgehead atoms. The highest BCUT2D eigenvalue weighted by Gasteiger charge is 2.31. The third-order valence-corrected chi connectivity index (χ3v) is 6.95. The van der Waals surface area contributed by atoms with Crippen LogP contribution in [0.15, 0.2) is 47.4 Å². The van der Waals surface area contributed by atoms with Crippen LogP contribution in [0.3, 0.4) is 0 Å².